The number of benzene rings is 1. The molecule has 0 aliphatic heterocycles. The molecule has 112 valence electrons. The first-order valence-electron chi connectivity index (χ1n) is 6.26. The van der Waals surface area contributed by atoms with Crippen molar-refractivity contribution < 1.29 is 14.3 Å². The molecule has 0 saturated heterocycles. The van der Waals surface area contributed by atoms with E-state index in [1.54, 1.807) is 16.7 Å². The van der Waals surface area contributed by atoms with Crippen LogP contribution in [0.2, 0.25) is 5.02 Å². The zero-order valence-corrected chi connectivity index (χ0v) is 12.8. The van der Waals surface area contributed by atoms with Gasteiger partial charge in [-0.3, -0.25) is 4.79 Å². The molecule has 1 heterocycles. The molecule has 0 saturated carbocycles. The quantitative estimate of drug-likeness (QED) is 0.823. The van der Waals surface area contributed by atoms with Gasteiger partial charge < -0.3 is 9.67 Å². The maximum Gasteiger partial charge on any atom is 0.313 e. The number of rotatable bonds is 6. The van der Waals surface area contributed by atoms with E-state index in [1.807, 2.05) is 6.92 Å². The predicted octanol–water partition coefficient (Wildman–Crippen LogP) is 3.32. The van der Waals surface area contributed by atoms with E-state index in [4.69, 9.17) is 16.7 Å². The summed E-state index contributed by atoms with van der Waals surface area (Å²) in [7, 11) is 0. The molecule has 8 heteroatoms. The van der Waals surface area contributed by atoms with Gasteiger partial charge in [0.25, 0.3) is 0 Å². The summed E-state index contributed by atoms with van der Waals surface area (Å²) < 4.78 is 15.3. The third-order valence-corrected chi connectivity index (χ3v) is 4.02. The Balaban J connectivity index is 2.43. The number of thioether (sulfide) groups is 1. The van der Waals surface area contributed by atoms with Gasteiger partial charge in [-0.05, 0) is 18.6 Å². The average Bonchev–Trinajstić information content (AvgIpc) is 2.83. The topological polar surface area (TPSA) is 68.0 Å². The first kappa shape index (κ1) is 15.8. The third-order valence-electron chi connectivity index (χ3n) is 2.68. The van der Waals surface area contributed by atoms with Crippen molar-refractivity contribution in [1.29, 1.82) is 0 Å². The first-order valence-corrected chi connectivity index (χ1v) is 7.63. The molecule has 0 amide bonds. The molecule has 2 rings (SSSR count). The number of hydrogen-bond donors (Lipinski definition) is 1. The Hall–Kier alpha value is -1.60. The van der Waals surface area contributed by atoms with Crippen LogP contribution in [-0.2, 0) is 11.3 Å². The molecule has 0 atom stereocenters. The number of halogens is 2. The van der Waals surface area contributed by atoms with Crippen molar-refractivity contribution in [3.63, 3.8) is 0 Å². The van der Waals surface area contributed by atoms with Crippen molar-refractivity contribution in [2.24, 2.45) is 0 Å². The molecule has 1 aromatic heterocycles. The molecule has 21 heavy (non-hydrogen) atoms. The second-order valence-electron chi connectivity index (χ2n) is 4.24. The van der Waals surface area contributed by atoms with Gasteiger partial charge in [-0.1, -0.05) is 36.4 Å². The van der Waals surface area contributed by atoms with Gasteiger partial charge in [0, 0.05) is 12.1 Å². The van der Waals surface area contributed by atoms with Crippen molar-refractivity contribution in [1.82, 2.24) is 14.8 Å². The van der Waals surface area contributed by atoms with Crippen LogP contribution in [0.5, 0.6) is 0 Å². The maximum atomic E-state index is 13.6. The standard InChI is InChI=1S/C13H13ClFN3O2S/c1-2-6-18-12(8-4-3-5-9(15)11(8)14)16-17-13(18)21-7-10(19)20/h3-5H,2,6-7H2,1H3,(H,19,20). The summed E-state index contributed by atoms with van der Waals surface area (Å²) >= 11 is 7.05. The summed E-state index contributed by atoms with van der Waals surface area (Å²) in [6.45, 7) is 2.57. The fraction of sp³-hybridized carbons (Fsp3) is 0.308. The van der Waals surface area contributed by atoms with E-state index < -0.39 is 11.8 Å². The zero-order valence-electron chi connectivity index (χ0n) is 11.2. The number of aromatic nitrogens is 3. The van der Waals surface area contributed by atoms with E-state index in [-0.39, 0.29) is 10.8 Å². The molecule has 2 aromatic rings. The summed E-state index contributed by atoms with van der Waals surface area (Å²) in [6, 6.07) is 4.48. The second kappa shape index (κ2) is 6.91. The van der Waals surface area contributed by atoms with Crippen LogP contribution in [0.1, 0.15) is 13.3 Å². The summed E-state index contributed by atoms with van der Waals surface area (Å²) in [5.41, 5.74) is 0.444. The molecule has 0 aliphatic rings. The van der Waals surface area contributed by atoms with E-state index in [1.165, 1.54) is 6.07 Å². The minimum absolute atomic E-state index is 0.0166. The Morgan fingerprint density at radius 2 is 2.24 bits per heavy atom. The highest BCUT2D eigenvalue weighted by atomic mass is 35.5. The SMILES string of the molecule is CCCn1c(SCC(=O)O)nnc1-c1cccc(F)c1Cl. The summed E-state index contributed by atoms with van der Waals surface area (Å²) in [5, 5.41) is 17.2. The molecule has 0 spiro atoms. The number of carbonyl (C=O) groups is 1. The molecule has 5 nitrogen and oxygen atoms in total. The lowest BCUT2D eigenvalue weighted by Gasteiger charge is -2.09. The molecular formula is C13H13ClFN3O2S. The number of hydrogen-bond acceptors (Lipinski definition) is 4. The van der Waals surface area contributed by atoms with Gasteiger partial charge >= 0.3 is 5.97 Å². The number of nitrogens with zero attached hydrogens (tertiary/aromatic N) is 3. The van der Waals surface area contributed by atoms with Gasteiger partial charge in [-0.2, -0.15) is 0 Å². The van der Waals surface area contributed by atoms with Gasteiger partial charge in [0.2, 0.25) is 0 Å². The second-order valence-corrected chi connectivity index (χ2v) is 5.56. The maximum absolute atomic E-state index is 13.6. The summed E-state index contributed by atoms with van der Waals surface area (Å²) in [4.78, 5) is 10.7. The van der Waals surface area contributed by atoms with Crippen LogP contribution in [-0.4, -0.2) is 31.6 Å². The normalized spacial score (nSPS) is 10.8. The summed E-state index contributed by atoms with van der Waals surface area (Å²) in [6.07, 6.45) is 0.804. The zero-order chi connectivity index (χ0) is 15.4. The van der Waals surface area contributed by atoms with E-state index in [0.29, 0.717) is 23.1 Å². The number of carboxylic acids is 1. The van der Waals surface area contributed by atoms with E-state index >= 15 is 0 Å². The lowest BCUT2D eigenvalue weighted by Crippen LogP contribution is -2.05. The van der Waals surface area contributed by atoms with Crippen LogP contribution in [0.4, 0.5) is 4.39 Å². The molecule has 0 unspecified atom stereocenters. The molecule has 1 aromatic carbocycles. The van der Waals surface area contributed by atoms with Crippen LogP contribution < -0.4 is 0 Å². The van der Waals surface area contributed by atoms with Crippen molar-refractivity contribution in [3.8, 4) is 11.4 Å². The molecular weight excluding hydrogens is 317 g/mol. The largest absolute Gasteiger partial charge is 0.481 e. The van der Waals surface area contributed by atoms with Gasteiger partial charge in [-0.25, -0.2) is 4.39 Å². The molecule has 0 bridgehead atoms. The van der Waals surface area contributed by atoms with Crippen LogP contribution in [0, 0.1) is 5.82 Å². The first-order chi connectivity index (χ1) is 10.0. The molecule has 1 N–H and O–H groups in total. The van der Waals surface area contributed by atoms with Crippen LogP contribution >= 0.6 is 23.4 Å². The summed E-state index contributed by atoms with van der Waals surface area (Å²) in [5.74, 6) is -1.13. The number of carboxylic acid groups (broad SMARTS) is 1. The lowest BCUT2D eigenvalue weighted by atomic mass is 10.2. The van der Waals surface area contributed by atoms with E-state index in [9.17, 15) is 9.18 Å². The molecule has 0 aliphatic carbocycles. The Kier molecular flexibility index (Phi) is 5.19. The van der Waals surface area contributed by atoms with Gasteiger partial charge in [-0.15, -0.1) is 10.2 Å². The van der Waals surface area contributed by atoms with Gasteiger partial charge in [0.05, 0.1) is 10.8 Å². The molecule has 0 radical (unpaired) electrons. The monoisotopic (exact) mass is 329 g/mol. The van der Waals surface area contributed by atoms with Crippen molar-refractivity contribution in [3.05, 3.63) is 29.0 Å². The number of aliphatic carboxylic acids is 1. The minimum Gasteiger partial charge on any atom is -0.481 e. The fourth-order valence-electron chi connectivity index (χ4n) is 1.82. The smallest absolute Gasteiger partial charge is 0.313 e. The highest BCUT2D eigenvalue weighted by molar-refractivity contribution is 7.99. The van der Waals surface area contributed by atoms with E-state index in [2.05, 4.69) is 10.2 Å². The van der Waals surface area contributed by atoms with E-state index in [0.717, 1.165) is 18.2 Å². The van der Waals surface area contributed by atoms with Crippen LogP contribution in [0.15, 0.2) is 23.4 Å². The lowest BCUT2D eigenvalue weighted by molar-refractivity contribution is -0.133. The van der Waals surface area contributed by atoms with Crippen molar-refractivity contribution in [2.75, 3.05) is 5.75 Å². The third kappa shape index (κ3) is 3.54. The van der Waals surface area contributed by atoms with Crippen molar-refractivity contribution in [2.45, 2.75) is 25.0 Å². The van der Waals surface area contributed by atoms with Crippen molar-refractivity contribution >= 4 is 29.3 Å². The highest BCUT2D eigenvalue weighted by Crippen LogP contribution is 2.31. The van der Waals surface area contributed by atoms with Gasteiger partial charge in [0.15, 0.2) is 11.0 Å². The Morgan fingerprint density at radius 1 is 1.48 bits per heavy atom. The Bertz CT molecular complexity index is 663. The molecule has 0 fully saturated rings. The Morgan fingerprint density at radius 3 is 2.90 bits per heavy atom. The van der Waals surface area contributed by atoms with Crippen LogP contribution in [0.25, 0.3) is 11.4 Å². The minimum atomic E-state index is -0.934. The van der Waals surface area contributed by atoms with Gasteiger partial charge in [0.1, 0.15) is 5.82 Å². The fourth-order valence-corrected chi connectivity index (χ4v) is 2.72. The highest BCUT2D eigenvalue weighted by Gasteiger charge is 2.18. The average molecular weight is 330 g/mol. The predicted molar refractivity (Wildman–Crippen MR) is 79.1 cm³/mol. The Labute approximate surface area is 130 Å². The van der Waals surface area contributed by atoms with Crippen LogP contribution in [0.3, 0.4) is 0 Å².